The highest BCUT2D eigenvalue weighted by molar-refractivity contribution is 6.30. The molecule has 0 saturated heterocycles. The number of carbonyl (C=O) groups is 3. The van der Waals surface area contributed by atoms with Crippen LogP contribution in [-0.2, 0) is 4.79 Å². The summed E-state index contributed by atoms with van der Waals surface area (Å²) < 4.78 is 0. The number of nitrogens with zero attached hydrogens (tertiary/aromatic N) is 1. The van der Waals surface area contributed by atoms with Crippen LogP contribution in [0.3, 0.4) is 0 Å². The minimum absolute atomic E-state index is 0.0238. The SMILES string of the molecule is O=C(CCNC(=O)c1ccc(Cl)cc1)NNC(=O)c1ccncc1. The Morgan fingerprint density at radius 2 is 1.50 bits per heavy atom. The Hall–Kier alpha value is -2.93. The van der Waals surface area contributed by atoms with E-state index >= 15 is 0 Å². The van der Waals surface area contributed by atoms with Crippen LogP contribution < -0.4 is 16.2 Å². The minimum Gasteiger partial charge on any atom is -0.352 e. The molecule has 0 aliphatic rings. The molecule has 0 bridgehead atoms. The van der Waals surface area contributed by atoms with Crippen molar-refractivity contribution >= 4 is 29.3 Å². The summed E-state index contributed by atoms with van der Waals surface area (Å²) in [5, 5.41) is 3.14. The number of benzene rings is 1. The highest BCUT2D eigenvalue weighted by Gasteiger charge is 2.08. The van der Waals surface area contributed by atoms with Gasteiger partial charge in [0.05, 0.1) is 0 Å². The second-order valence-electron chi connectivity index (χ2n) is 4.75. The van der Waals surface area contributed by atoms with Gasteiger partial charge in [-0.05, 0) is 36.4 Å². The molecule has 0 unspecified atom stereocenters. The van der Waals surface area contributed by atoms with Gasteiger partial charge in [-0.15, -0.1) is 0 Å². The van der Waals surface area contributed by atoms with E-state index in [0.29, 0.717) is 16.1 Å². The number of nitrogens with one attached hydrogen (secondary N) is 3. The molecule has 0 aliphatic heterocycles. The van der Waals surface area contributed by atoms with Crippen LogP contribution in [0.4, 0.5) is 0 Å². The molecule has 7 nitrogen and oxygen atoms in total. The van der Waals surface area contributed by atoms with Gasteiger partial charge in [0.2, 0.25) is 5.91 Å². The van der Waals surface area contributed by atoms with Crippen molar-refractivity contribution in [2.75, 3.05) is 6.54 Å². The van der Waals surface area contributed by atoms with Crippen molar-refractivity contribution in [2.45, 2.75) is 6.42 Å². The van der Waals surface area contributed by atoms with E-state index < -0.39 is 11.8 Å². The zero-order chi connectivity index (χ0) is 17.4. The topological polar surface area (TPSA) is 100 Å². The lowest BCUT2D eigenvalue weighted by molar-refractivity contribution is -0.121. The first-order valence-corrected chi connectivity index (χ1v) is 7.47. The molecule has 0 saturated carbocycles. The van der Waals surface area contributed by atoms with Crippen LogP contribution >= 0.6 is 11.6 Å². The van der Waals surface area contributed by atoms with Gasteiger partial charge in [-0.3, -0.25) is 30.2 Å². The molecule has 3 amide bonds. The first-order chi connectivity index (χ1) is 11.6. The van der Waals surface area contributed by atoms with Crippen LogP contribution in [0.25, 0.3) is 0 Å². The van der Waals surface area contributed by atoms with E-state index in [9.17, 15) is 14.4 Å². The van der Waals surface area contributed by atoms with Crippen molar-refractivity contribution in [3.63, 3.8) is 0 Å². The Labute approximate surface area is 143 Å². The fourth-order valence-corrected chi connectivity index (χ4v) is 1.88. The number of rotatable bonds is 5. The summed E-state index contributed by atoms with van der Waals surface area (Å²) in [7, 11) is 0. The van der Waals surface area contributed by atoms with Gasteiger partial charge >= 0.3 is 0 Å². The Balaban J connectivity index is 1.69. The van der Waals surface area contributed by atoms with Gasteiger partial charge in [0, 0.05) is 41.5 Å². The molecule has 0 spiro atoms. The van der Waals surface area contributed by atoms with E-state index in [2.05, 4.69) is 21.2 Å². The molecule has 0 atom stereocenters. The summed E-state index contributed by atoms with van der Waals surface area (Å²) in [5.74, 6) is -1.18. The smallest absolute Gasteiger partial charge is 0.269 e. The number of amides is 3. The standard InChI is InChI=1S/C16H15ClN4O3/c17-13-3-1-11(2-4-13)15(23)19-10-7-14(22)20-21-16(24)12-5-8-18-9-6-12/h1-6,8-9H,7,10H2,(H,19,23)(H,20,22)(H,21,24). The summed E-state index contributed by atoms with van der Waals surface area (Å²) in [5.41, 5.74) is 5.38. The van der Waals surface area contributed by atoms with E-state index in [-0.39, 0.29) is 18.9 Å². The predicted molar refractivity (Wildman–Crippen MR) is 88.2 cm³/mol. The van der Waals surface area contributed by atoms with Gasteiger partial charge in [-0.1, -0.05) is 11.6 Å². The van der Waals surface area contributed by atoms with Crippen molar-refractivity contribution in [1.29, 1.82) is 0 Å². The summed E-state index contributed by atoms with van der Waals surface area (Å²) in [4.78, 5) is 39.0. The van der Waals surface area contributed by atoms with Gasteiger partial charge in [-0.2, -0.15) is 0 Å². The van der Waals surface area contributed by atoms with Crippen LogP contribution in [0.1, 0.15) is 27.1 Å². The van der Waals surface area contributed by atoms with Gasteiger partial charge in [0.25, 0.3) is 11.8 Å². The number of hydrogen-bond donors (Lipinski definition) is 3. The minimum atomic E-state index is -0.448. The monoisotopic (exact) mass is 346 g/mol. The fourth-order valence-electron chi connectivity index (χ4n) is 1.76. The molecule has 3 N–H and O–H groups in total. The average Bonchev–Trinajstić information content (AvgIpc) is 2.61. The van der Waals surface area contributed by atoms with Crippen LogP contribution in [0.5, 0.6) is 0 Å². The van der Waals surface area contributed by atoms with Crippen molar-refractivity contribution in [2.24, 2.45) is 0 Å². The van der Waals surface area contributed by atoms with Crippen LogP contribution in [0.2, 0.25) is 5.02 Å². The molecule has 8 heteroatoms. The molecule has 24 heavy (non-hydrogen) atoms. The molecule has 0 aliphatic carbocycles. The molecule has 1 aromatic heterocycles. The lowest BCUT2D eigenvalue weighted by Crippen LogP contribution is -2.42. The highest BCUT2D eigenvalue weighted by atomic mass is 35.5. The van der Waals surface area contributed by atoms with Gasteiger partial charge in [0.15, 0.2) is 0 Å². The maximum absolute atomic E-state index is 11.8. The molecule has 0 fully saturated rings. The van der Waals surface area contributed by atoms with E-state index in [4.69, 9.17) is 11.6 Å². The third-order valence-electron chi connectivity index (χ3n) is 3.00. The Bertz CT molecular complexity index is 720. The second-order valence-corrected chi connectivity index (χ2v) is 5.19. The first kappa shape index (κ1) is 17.4. The first-order valence-electron chi connectivity index (χ1n) is 7.09. The average molecular weight is 347 g/mol. The number of hydrogen-bond acceptors (Lipinski definition) is 4. The molecular formula is C16H15ClN4O3. The van der Waals surface area contributed by atoms with Crippen LogP contribution in [0, 0.1) is 0 Å². The molecule has 1 aromatic carbocycles. The number of aromatic nitrogens is 1. The van der Waals surface area contributed by atoms with Crippen molar-refractivity contribution in [3.8, 4) is 0 Å². The third-order valence-corrected chi connectivity index (χ3v) is 3.25. The fraction of sp³-hybridized carbons (Fsp3) is 0.125. The zero-order valence-corrected chi connectivity index (χ0v) is 13.3. The van der Waals surface area contributed by atoms with Crippen molar-refractivity contribution in [3.05, 3.63) is 64.9 Å². The lowest BCUT2D eigenvalue weighted by Gasteiger charge is -2.08. The van der Waals surface area contributed by atoms with E-state index in [0.717, 1.165) is 0 Å². The summed E-state index contributed by atoms with van der Waals surface area (Å²) >= 11 is 5.74. The van der Waals surface area contributed by atoms with E-state index in [1.54, 1.807) is 24.3 Å². The van der Waals surface area contributed by atoms with Gasteiger partial charge in [-0.25, -0.2) is 0 Å². The van der Waals surface area contributed by atoms with Gasteiger partial charge in [0.1, 0.15) is 0 Å². The Morgan fingerprint density at radius 1 is 0.875 bits per heavy atom. The number of pyridine rings is 1. The zero-order valence-electron chi connectivity index (χ0n) is 12.6. The molecule has 2 aromatic rings. The molecule has 0 radical (unpaired) electrons. The largest absolute Gasteiger partial charge is 0.352 e. The maximum Gasteiger partial charge on any atom is 0.269 e. The quantitative estimate of drug-likeness (QED) is 0.711. The van der Waals surface area contributed by atoms with Gasteiger partial charge < -0.3 is 5.32 Å². The molecule has 124 valence electrons. The normalized spacial score (nSPS) is 9.88. The van der Waals surface area contributed by atoms with Crippen molar-refractivity contribution < 1.29 is 14.4 Å². The van der Waals surface area contributed by atoms with Crippen LogP contribution in [-0.4, -0.2) is 29.3 Å². The number of hydrazine groups is 1. The molecule has 1 heterocycles. The van der Waals surface area contributed by atoms with E-state index in [1.807, 2.05) is 0 Å². The summed E-state index contributed by atoms with van der Waals surface area (Å²) in [6.07, 6.45) is 2.97. The molecular weight excluding hydrogens is 332 g/mol. The van der Waals surface area contributed by atoms with E-state index in [1.165, 1.54) is 24.5 Å². The number of halogens is 1. The van der Waals surface area contributed by atoms with Crippen LogP contribution in [0.15, 0.2) is 48.8 Å². The van der Waals surface area contributed by atoms with Crippen molar-refractivity contribution in [1.82, 2.24) is 21.2 Å². The highest BCUT2D eigenvalue weighted by Crippen LogP contribution is 2.09. The number of carbonyl (C=O) groups excluding carboxylic acids is 3. The summed E-state index contributed by atoms with van der Waals surface area (Å²) in [6, 6.07) is 9.44. The second kappa shape index (κ2) is 8.64. The predicted octanol–water partition coefficient (Wildman–Crippen LogP) is 1.32. The Kier molecular flexibility index (Phi) is 6.27. The lowest BCUT2D eigenvalue weighted by atomic mass is 10.2. The summed E-state index contributed by atoms with van der Waals surface area (Å²) in [6.45, 7) is 0.137. The Morgan fingerprint density at radius 3 is 2.17 bits per heavy atom. The maximum atomic E-state index is 11.8. The third kappa shape index (κ3) is 5.36. The molecule has 2 rings (SSSR count).